The van der Waals surface area contributed by atoms with Crippen LogP contribution in [0.15, 0.2) is 18.2 Å². The third kappa shape index (κ3) is 3.92. The summed E-state index contributed by atoms with van der Waals surface area (Å²) in [7, 11) is 1.50. The number of benzene rings is 1. The lowest BCUT2D eigenvalue weighted by atomic mass is 10.2. The number of amides is 1. The van der Waals surface area contributed by atoms with E-state index in [-0.39, 0.29) is 17.7 Å². The summed E-state index contributed by atoms with van der Waals surface area (Å²) < 4.78 is 5.02. The van der Waals surface area contributed by atoms with Gasteiger partial charge < -0.3 is 20.5 Å². The number of methoxy groups -OCH3 is 1. The minimum Gasteiger partial charge on any atom is -0.504 e. The molecule has 0 bridgehead atoms. The molecule has 18 heavy (non-hydrogen) atoms. The number of carbonyl (C=O) groups is 1. The van der Waals surface area contributed by atoms with Crippen LogP contribution < -0.4 is 15.4 Å². The highest BCUT2D eigenvalue weighted by Crippen LogP contribution is 2.26. The second-order valence-electron chi connectivity index (χ2n) is 4.00. The molecular formula is C13H20N2O3. The van der Waals surface area contributed by atoms with Crippen molar-refractivity contribution < 1.29 is 14.6 Å². The first-order valence-electron chi connectivity index (χ1n) is 5.95. The number of carbonyl (C=O) groups excluding carboxylic acids is 1. The molecular weight excluding hydrogens is 232 g/mol. The van der Waals surface area contributed by atoms with E-state index >= 15 is 0 Å². The lowest BCUT2D eigenvalue weighted by Crippen LogP contribution is -2.41. The Kier molecular flexibility index (Phi) is 5.45. The summed E-state index contributed by atoms with van der Waals surface area (Å²) in [6, 6.07) is 4.85. The number of phenols is 1. The van der Waals surface area contributed by atoms with E-state index in [1.165, 1.54) is 7.11 Å². The van der Waals surface area contributed by atoms with Crippen molar-refractivity contribution in [2.45, 2.75) is 26.4 Å². The fraction of sp³-hybridized carbons (Fsp3) is 0.462. The Balaban J connectivity index is 2.55. The van der Waals surface area contributed by atoms with Crippen molar-refractivity contribution in [1.82, 2.24) is 10.6 Å². The first-order chi connectivity index (χ1) is 8.58. The molecule has 0 spiro atoms. The summed E-state index contributed by atoms with van der Waals surface area (Å²) in [6.45, 7) is 4.85. The maximum absolute atomic E-state index is 11.5. The van der Waals surface area contributed by atoms with Crippen LogP contribution in [-0.2, 0) is 11.3 Å². The zero-order chi connectivity index (χ0) is 13.5. The second kappa shape index (κ2) is 6.86. The molecule has 1 aromatic rings. The smallest absolute Gasteiger partial charge is 0.236 e. The van der Waals surface area contributed by atoms with E-state index in [2.05, 4.69) is 10.6 Å². The number of aromatic hydroxyl groups is 1. The van der Waals surface area contributed by atoms with Crippen LogP contribution >= 0.6 is 0 Å². The van der Waals surface area contributed by atoms with Crippen molar-refractivity contribution in [2.24, 2.45) is 0 Å². The van der Waals surface area contributed by atoms with E-state index in [1.807, 2.05) is 13.8 Å². The van der Waals surface area contributed by atoms with Crippen LogP contribution in [0.1, 0.15) is 19.4 Å². The lowest BCUT2D eigenvalue weighted by Gasteiger charge is -2.14. The van der Waals surface area contributed by atoms with E-state index in [1.54, 1.807) is 18.2 Å². The minimum absolute atomic E-state index is 0.0248. The van der Waals surface area contributed by atoms with Crippen LogP contribution in [0.5, 0.6) is 11.5 Å². The van der Waals surface area contributed by atoms with Crippen LogP contribution in [-0.4, -0.2) is 30.7 Å². The molecule has 5 heteroatoms. The Morgan fingerprint density at radius 1 is 1.50 bits per heavy atom. The average Bonchev–Trinajstić information content (AvgIpc) is 2.37. The third-order valence-electron chi connectivity index (χ3n) is 2.60. The van der Waals surface area contributed by atoms with Crippen molar-refractivity contribution in [2.75, 3.05) is 13.7 Å². The summed E-state index contributed by atoms with van der Waals surface area (Å²) in [5.41, 5.74) is 0.945. The molecule has 0 aliphatic carbocycles. The van der Waals surface area contributed by atoms with E-state index < -0.39 is 0 Å². The normalized spacial score (nSPS) is 11.9. The van der Waals surface area contributed by atoms with Crippen LogP contribution in [0.4, 0.5) is 0 Å². The third-order valence-corrected chi connectivity index (χ3v) is 2.60. The number of hydrogen-bond acceptors (Lipinski definition) is 4. The highest BCUT2D eigenvalue weighted by Gasteiger charge is 2.11. The van der Waals surface area contributed by atoms with Gasteiger partial charge in [-0.25, -0.2) is 0 Å². The van der Waals surface area contributed by atoms with E-state index in [0.29, 0.717) is 18.8 Å². The molecule has 1 atom stereocenters. The fourth-order valence-electron chi connectivity index (χ4n) is 1.52. The topological polar surface area (TPSA) is 70.6 Å². The van der Waals surface area contributed by atoms with Crippen molar-refractivity contribution in [1.29, 1.82) is 0 Å². The van der Waals surface area contributed by atoms with Gasteiger partial charge in [-0.15, -0.1) is 0 Å². The van der Waals surface area contributed by atoms with Gasteiger partial charge >= 0.3 is 0 Å². The molecule has 0 fully saturated rings. The first-order valence-corrected chi connectivity index (χ1v) is 5.95. The van der Waals surface area contributed by atoms with Crippen molar-refractivity contribution in [3.63, 3.8) is 0 Å². The van der Waals surface area contributed by atoms with E-state index in [0.717, 1.165) is 5.56 Å². The molecule has 0 radical (unpaired) electrons. The fourth-order valence-corrected chi connectivity index (χ4v) is 1.52. The van der Waals surface area contributed by atoms with Gasteiger partial charge in [0.1, 0.15) is 0 Å². The Morgan fingerprint density at radius 3 is 2.83 bits per heavy atom. The van der Waals surface area contributed by atoms with Crippen LogP contribution in [0.25, 0.3) is 0 Å². The molecule has 1 aromatic carbocycles. The van der Waals surface area contributed by atoms with Gasteiger partial charge in [0.2, 0.25) is 5.91 Å². The molecule has 1 amide bonds. The standard InChI is InChI=1S/C13H20N2O3/c1-4-14-13(17)9(2)15-8-10-5-6-11(16)12(7-10)18-3/h5-7,9,15-16H,4,8H2,1-3H3,(H,14,17). The number of rotatable bonds is 6. The Morgan fingerprint density at radius 2 is 2.22 bits per heavy atom. The SMILES string of the molecule is CCNC(=O)C(C)NCc1ccc(O)c(OC)c1. The maximum atomic E-state index is 11.5. The van der Waals surface area contributed by atoms with Gasteiger partial charge in [-0.2, -0.15) is 0 Å². The first kappa shape index (κ1) is 14.3. The van der Waals surface area contributed by atoms with Crippen LogP contribution in [0.3, 0.4) is 0 Å². The van der Waals surface area contributed by atoms with Crippen molar-refractivity contribution >= 4 is 5.91 Å². The van der Waals surface area contributed by atoms with Gasteiger partial charge in [0.05, 0.1) is 13.2 Å². The molecule has 0 saturated heterocycles. The summed E-state index contributed by atoms with van der Waals surface area (Å²) in [6.07, 6.45) is 0. The monoisotopic (exact) mass is 252 g/mol. The molecule has 0 aromatic heterocycles. The number of likely N-dealkylation sites (N-methyl/N-ethyl adjacent to an activating group) is 1. The average molecular weight is 252 g/mol. The molecule has 0 heterocycles. The minimum atomic E-state index is -0.259. The quantitative estimate of drug-likeness (QED) is 0.707. The molecule has 1 rings (SSSR count). The van der Waals surface area contributed by atoms with Crippen LogP contribution in [0.2, 0.25) is 0 Å². The van der Waals surface area contributed by atoms with Gasteiger partial charge in [0, 0.05) is 13.1 Å². The van der Waals surface area contributed by atoms with E-state index in [9.17, 15) is 9.90 Å². The van der Waals surface area contributed by atoms with Gasteiger partial charge in [-0.3, -0.25) is 4.79 Å². The van der Waals surface area contributed by atoms with E-state index in [4.69, 9.17) is 4.74 Å². The predicted molar refractivity (Wildman–Crippen MR) is 69.6 cm³/mol. The molecule has 1 unspecified atom stereocenters. The number of hydrogen-bond donors (Lipinski definition) is 3. The van der Waals surface area contributed by atoms with Crippen LogP contribution in [0, 0.1) is 0 Å². The predicted octanol–water partition coefficient (Wildman–Crippen LogP) is 1.01. The molecule has 0 saturated carbocycles. The largest absolute Gasteiger partial charge is 0.504 e. The maximum Gasteiger partial charge on any atom is 0.236 e. The van der Waals surface area contributed by atoms with Gasteiger partial charge in [-0.05, 0) is 31.5 Å². The zero-order valence-electron chi connectivity index (χ0n) is 11.0. The van der Waals surface area contributed by atoms with Gasteiger partial charge in [0.15, 0.2) is 11.5 Å². The molecule has 3 N–H and O–H groups in total. The zero-order valence-corrected chi connectivity index (χ0v) is 11.0. The molecule has 100 valence electrons. The molecule has 0 aliphatic rings. The number of nitrogens with one attached hydrogen (secondary N) is 2. The highest BCUT2D eigenvalue weighted by molar-refractivity contribution is 5.81. The lowest BCUT2D eigenvalue weighted by molar-refractivity contribution is -0.122. The molecule has 0 aliphatic heterocycles. The summed E-state index contributed by atoms with van der Waals surface area (Å²) >= 11 is 0. The van der Waals surface area contributed by atoms with Gasteiger partial charge in [0.25, 0.3) is 0 Å². The summed E-state index contributed by atoms with van der Waals surface area (Å²) in [5.74, 6) is 0.515. The Hall–Kier alpha value is -1.75. The van der Waals surface area contributed by atoms with Crippen molar-refractivity contribution in [3.8, 4) is 11.5 Å². The number of phenolic OH excluding ortho intramolecular Hbond substituents is 1. The second-order valence-corrected chi connectivity index (χ2v) is 4.00. The Bertz CT molecular complexity index is 407. The van der Waals surface area contributed by atoms with Crippen molar-refractivity contribution in [3.05, 3.63) is 23.8 Å². The number of ether oxygens (including phenoxy) is 1. The highest BCUT2D eigenvalue weighted by atomic mass is 16.5. The van der Waals surface area contributed by atoms with Gasteiger partial charge in [-0.1, -0.05) is 6.07 Å². The molecule has 5 nitrogen and oxygen atoms in total. The Labute approximate surface area is 107 Å². The summed E-state index contributed by atoms with van der Waals surface area (Å²) in [4.78, 5) is 11.5. The summed E-state index contributed by atoms with van der Waals surface area (Å²) in [5, 5.41) is 15.3.